The van der Waals surface area contributed by atoms with Crippen LogP contribution in [0.3, 0.4) is 0 Å². The lowest BCUT2D eigenvalue weighted by Crippen LogP contribution is -2.34. The molecule has 3 aromatic rings. The number of aliphatic imine (C=N–C) groups is 1. The number of aromatic nitrogens is 3. The second-order valence-electron chi connectivity index (χ2n) is 7.57. The van der Waals surface area contributed by atoms with Crippen LogP contribution in [0, 0.1) is 5.41 Å². The molecule has 0 bridgehead atoms. The van der Waals surface area contributed by atoms with Crippen LogP contribution >= 0.6 is 22.9 Å². The van der Waals surface area contributed by atoms with E-state index in [4.69, 9.17) is 11.6 Å². The first-order chi connectivity index (χ1) is 14.1. The molecule has 8 heteroatoms. The predicted octanol–water partition coefficient (Wildman–Crippen LogP) is 3.94. The highest BCUT2D eigenvalue weighted by atomic mass is 35.5. The lowest BCUT2D eigenvalue weighted by atomic mass is 9.87. The van der Waals surface area contributed by atoms with Gasteiger partial charge in [-0.2, -0.15) is 5.10 Å². The van der Waals surface area contributed by atoms with Crippen molar-refractivity contribution >= 4 is 28.8 Å². The third-order valence-corrected chi connectivity index (χ3v) is 7.70. The molecule has 3 atom stereocenters. The van der Waals surface area contributed by atoms with Gasteiger partial charge in [-0.1, -0.05) is 35.9 Å². The number of nitrogens with zero attached hydrogens (tertiary/aromatic N) is 3. The van der Waals surface area contributed by atoms with E-state index in [1.165, 1.54) is 11.2 Å². The number of hydrogen-bond acceptors (Lipinski definition) is 6. The van der Waals surface area contributed by atoms with Gasteiger partial charge in [0.05, 0.1) is 10.3 Å². The molecule has 1 fully saturated rings. The Bertz CT molecular complexity index is 1200. The molecule has 3 N–H and O–H groups in total. The zero-order chi connectivity index (χ0) is 19.6. The van der Waals surface area contributed by atoms with Gasteiger partial charge in [0.2, 0.25) is 0 Å². The zero-order valence-electron chi connectivity index (χ0n) is 15.1. The number of benzene rings is 1. The smallest absolute Gasteiger partial charge is 0.165 e. The Labute approximate surface area is 175 Å². The summed E-state index contributed by atoms with van der Waals surface area (Å²) >= 11 is 7.67. The molecule has 0 radical (unpaired) electrons. The summed E-state index contributed by atoms with van der Waals surface area (Å²) in [6, 6.07) is 9.38. The van der Waals surface area contributed by atoms with Crippen molar-refractivity contribution in [3.8, 4) is 10.7 Å². The summed E-state index contributed by atoms with van der Waals surface area (Å²) in [5.41, 5.74) is 1.36. The van der Waals surface area contributed by atoms with E-state index in [-0.39, 0.29) is 10.8 Å². The van der Waals surface area contributed by atoms with E-state index in [0.717, 1.165) is 28.3 Å². The number of amidine groups is 1. The number of aromatic amines is 1. The number of halogens is 1. The van der Waals surface area contributed by atoms with Crippen LogP contribution in [0.15, 0.2) is 66.2 Å². The Kier molecular flexibility index (Phi) is 3.48. The number of H-pyrrole nitrogens is 1. The van der Waals surface area contributed by atoms with Crippen LogP contribution in [0.25, 0.3) is 10.7 Å². The summed E-state index contributed by atoms with van der Waals surface area (Å²) in [5.74, 6) is 1.65. The van der Waals surface area contributed by atoms with Crippen molar-refractivity contribution in [2.75, 3.05) is 0 Å². The van der Waals surface area contributed by atoms with E-state index in [1.807, 2.05) is 24.5 Å². The number of rotatable bonds is 4. The fourth-order valence-electron chi connectivity index (χ4n) is 4.51. The number of aliphatic hydroxyl groups excluding tert-OH is 1. The van der Waals surface area contributed by atoms with Gasteiger partial charge in [-0.25, -0.2) is 9.98 Å². The number of aliphatic hydroxyl groups is 1. The fourth-order valence-corrected chi connectivity index (χ4v) is 6.03. The molecular formula is C21H16ClN5OS. The minimum atomic E-state index is -0.790. The maximum Gasteiger partial charge on any atom is 0.165 e. The Hall–Kier alpha value is -2.74. The average Bonchev–Trinajstić information content (AvgIpc) is 3.21. The molecule has 6 nitrogen and oxygen atoms in total. The van der Waals surface area contributed by atoms with E-state index in [0.29, 0.717) is 10.8 Å². The molecule has 0 saturated heterocycles. The normalized spacial score (nSPS) is 27.2. The molecule has 144 valence electrons. The van der Waals surface area contributed by atoms with Crippen molar-refractivity contribution in [1.29, 1.82) is 0 Å². The van der Waals surface area contributed by atoms with Gasteiger partial charge >= 0.3 is 0 Å². The number of thiophene rings is 1. The van der Waals surface area contributed by atoms with E-state index < -0.39 is 6.10 Å². The Morgan fingerprint density at radius 1 is 1.17 bits per heavy atom. The van der Waals surface area contributed by atoms with Gasteiger partial charge in [0.1, 0.15) is 18.3 Å². The first-order valence-corrected chi connectivity index (χ1v) is 10.5. The molecule has 4 heterocycles. The van der Waals surface area contributed by atoms with Crippen molar-refractivity contribution in [2.45, 2.75) is 17.9 Å². The second kappa shape index (κ2) is 5.89. The van der Waals surface area contributed by atoms with Gasteiger partial charge < -0.3 is 10.4 Å². The largest absolute Gasteiger partial charge is 0.384 e. The number of hydrogen-bond donors (Lipinski definition) is 3. The maximum absolute atomic E-state index is 11.2. The van der Waals surface area contributed by atoms with Gasteiger partial charge in [0.25, 0.3) is 0 Å². The lowest BCUT2D eigenvalue weighted by Gasteiger charge is -2.23. The minimum absolute atomic E-state index is 0.103. The lowest BCUT2D eigenvalue weighted by molar-refractivity contribution is 0.221. The number of allylic oxidation sites excluding steroid dienone is 1. The quantitative estimate of drug-likeness (QED) is 0.595. The van der Waals surface area contributed by atoms with Gasteiger partial charge in [0, 0.05) is 27.1 Å². The third-order valence-electron chi connectivity index (χ3n) is 6.11. The number of nitrogens with one attached hydrogen (secondary N) is 2. The van der Waals surface area contributed by atoms with E-state index in [9.17, 15) is 5.11 Å². The summed E-state index contributed by atoms with van der Waals surface area (Å²) in [6.45, 7) is 0. The molecule has 1 saturated carbocycles. The van der Waals surface area contributed by atoms with Crippen LogP contribution in [0.1, 0.15) is 28.5 Å². The predicted molar refractivity (Wildman–Crippen MR) is 113 cm³/mol. The van der Waals surface area contributed by atoms with Gasteiger partial charge in [0.15, 0.2) is 5.82 Å². The van der Waals surface area contributed by atoms with Crippen molar-refractivity contribution in [3.05, 3.63) is 82.2 Å². The zero-order valence-corrected chi connectivity index (χ0v) is 16.7. The standard InChI is InChI=1S/C21H16ClN5OS/c22-13-3-1-12(2-4-13)16(28)14-9-15(29-17(14)18-25-11-26-27-18)20-5-7-23-19-21(20,10-20)6-8-24-19/h1-9,11,16,28H,10H2,(H,23,24)(H,25,26,27). The molecule has 3 unspecified atom stereocenters. The van der Waals surface area contributed by atoms with Crippen LogP contribution in [0.5, 0.6) is 0 Å². The van der Waals surface area contributed by atoms with Crippen molar-refractivity contribution in [2.24, 2.45) is 10.4 Å². The van der Waals surface area contributed by atoms with Crippen molar-refractivity contribution in [1.82, 2.24) is 20.5 Å². The van der Waals surface area contributed by atoms with E-state index in [1.54, 1.807) is 23.5 Å². The van der Waals surface area contributed by atoms with Crippen LogP contribution in [0.4, 0.5) is 0 Å². The van der Waals surface area contributed by atoms with Gasteiger partial charge in [-0.3, -0.25) is 5.10 Å². The highest BCUT2D eigenvalue weighted by molar-refractivity contribution is 7.16. The Balaban J connectivity index is 1.49. The molecule has 6 rings (SSSR count). The van der Waals surface area contributed by atoms with Crippen LogP contribution in [-0.2, 0) is 5.41 Å². The summed E-state index contributed by atoms with van der Waals surface area (Å²) < 4.78 is 0. The third kappa shape index (κ3) is 2.29. The summed E-state index contributed by atoms with van der Waals surface area (Å²) in [6.07, 6.45) is 9.91. The summed E-state index contributed by atoms with van der Waals surface area (Å²) in [4.78, 5) is 10.9. The van der Waals surface area contributed by atoms with E-state index >= 15 is 0 Å². The topological polar surface area (TPSA) is 86.2 Å². The molecule has 3 aliphatic rings. The molecule has 1 aromatic carbocycles. The summed E-state index contributed by atoms with van der Waals surface area (Å²) in [5, 5.41) is 22.1. The molecule has 1 spiro atoms. The van der Waals surface area contributed by atoms with Crippen molar-refractivity contribution in [3.63, 3.8) is 0 Å². The Morgan fingerprint density at radius 2 is 2.03 bits per heavy atom. The van der Waals surface area contributed by atoms with Crippen molar-refractivity contribution < 1.29 is 5.11 Å². The highest BCUT2D eigenvalue weighted by Gasteiger charge is 2.71. The fraction of sp³-hybridized carbons (Fsp3) is 0.190. The van der Waals surface area contributed by atoms with Crippen LogP contribution < -0.4 is 5.32 Å². The summed E-state index contributed by atoms with van der Waals surface area (Å²) in [7, 11) is 0. The molecular weight excluding hydrogens is 406 g/mol. The van der Waals surface area contributed by atoms with Gasteiger partial charge in [-0.05, 0) is 36.4 Å². The minimum Gasteiger partial charge on any atom is -0.384 e. The molecule has 1 aliphatic carbocycles. The molecule has 2 aliphatic heterocycles. The van der Waals surface area contributed by atoms with E-state index in [2.05, 4.69) is 43.7 Å². The maximum atomic E-state index is 11.2. The van der Waals surface area contributed by atoms with Crippen LogP contribution in [-0.4, -0.2) is 26.1 Å². The van der Waals surface area contributed by atoms with Crippen LogP contribution in [0.2, 0.25) is 5.02 Å². The SMILES string of the molecule is OC(c1ccc(Cl)cc1)c1cc(C23C=CNC4=NC=CC42C3)sc1-c1ncn[nH]1. The first-order valence-electron chi connectivity index (χ1n) is 9.27. The first kappa shape index (κ1) is 17.1. The molecule has 2 aromatic heterocycles. The molecule has 29 heavy (non-hydrogen) atoms. The molecule has 0 amide bonds. The highest BCUT2D eigenvalue weighted by Crippen LogP contribution is 2.70. The Morgan fingerprint density at radius 3 is 2.83 bits per heavy atom. The second-order valence-corrected chi connectivity index (χ2v) is 9.06. The monoisotopic (exact) mass is 421 g/mol. The average molecular weight is 422 g/mol. The van der Waals surface area contributed by atoms with Gasteiger partial charge in [-0.15, -0.1) is 11.3 Å².